The molecule has 1 aromatic heterocycles. The van der Waals surface area contributed by atoms with Crippen LogP contribution in [0.15, 0.2) is 28.9 Å². The first-order valence-corrected chi connectivity index (χ1v) is 7.32. The highest BCUT2D eigenvalue weighted by Crippen LogP contribution is 2.39. The van der Waals surface area contributed by atoms with Crippen LogP contribution in [0.25, 0.3) is 0 Å². The lowest BCUT2D eigenvalue weighted by Gasteiger charge is -2.12. The third-order valence-electron chi connectivity index (χ3n) is 3.27. The molecule has 0 atom stereocenters. The number of aryl methyl sites for hydroxylation is 1. The normalized spacial score (nSPS) is 15.3. The van der Waals surface area contributed by atoms with E-state index in [-0.39, 0.29) is 0 Å². The number of nitrogens with one attached hydrogen (secondary N) is 1. The third kappa shape index (κ3) is 3.23. The van der Waals surface area contributed by atoms with E-state index in [9.17, 15) is 13.2 Å². The maximum absolute atomic E-state index is 12.8. The van der Waals surface area contributed by atoms with Crippen LogP contribution in [0.2, 0.25) is 0 Å². The van der Waals surface area contributed by atoms with Gasteiger partial charge >= 0.3 is 6.18 Å². The monoisotopic (exact) mass is 359 g/mol. The molecule has 3 nitrogen and oxygen atoms in total. The fourth-order valence-corrected chi connectivity index (χ4v) is 2.69. The Morgan fingerprint density at radius 3 is 2.62 bits per heavy atom. The molecule has 0 bridgehead atoms. The summed E-state index contributed by atoms with van der Waals surface area (Å²) in [5.74, 6) is 0.584. The van der Waals surface area contributed by atoms with Gasteiger partial charge in [0.15, 0.2) is 0 Å². The summed E-state index contributed by atoms with van der Waals surface area (Å²) in [7, 11) is 0. The topological polar surface area (TPSA) is 29.9 Å². The van der Waals surface area contributed by atoms with Crippen molar-refractivity contribution in [2.75, 3.05) is 5.32 Å². The average Bonchev–Trinajstić information content (AvgIpc) is 3.13. The van der Waals surface area contributed by atoms with Crippen LogP contribution in [0, 0.1) is 6.92 Å². The van der Waals surface area contributed by atoms with E-state index < -0.39 is 11.7 Å². The number of imidazole rings is 1. The van der Waals surface area contributed by atoms with Crippen molar-refractivity contribution in [1.29, 1.82) is 0 Å². The van der Waals surface area contributed by atoms with Gasteiger partial charge in [-0.15, -0.1) is 0 Å². The van der Waals surface area contributed by atoms with Crippen molar-refractivity contribution in [1.82, 2.24) is 9.55 Å². The second-order valence-electron chi connectivity index (χ2n) is 5.20. The molecule has 0 saturated heterocycles. The van der Waals surface area contributed by atoms with Gasteiger partial charge in [-0.1, -0.05) is 15.9 Å². The van der Waals surface area contributed by atoms with Gasteiger partial charge in [-0.3, -0.25) is 0 Å². The predicted molar refractivity (Wildman–Crippen MR) is 77.7 cm³/mol. The number of rotatable bonds is 3. The molecule has 0 unspecified atom stereocenters. The Morgan fingerprint density at radius 2 is 2.00 bits per heavy atom. The molecule has 2 aromatic rings. The highest BCUT2D eigenvalue weighted by atomic mass is 79.9. The maximum Gasteiger partial charge on any atom is 0.416 e. The molecular formula is C14H13BrF3N3. The van der Waals surface area contributed by atoms with Crippen LogP contribution in [0.4, 0.5) is 24.8 Å². The Kier molecular flexibility index (Phi) is 3.47. The van der Waals surface area contributed by atoms with Crippen LogP contribution < -0.4 is 5.32 Å². The minimum Gasteiger partial charge on any atom is -0.326 e. The summed E-state index contributed by atoms with van der Waals surface area (Å²) < 4.78 is 40.9. The Hall–Kier alpha value is -1.50. The summed E-state index contributed by atoms with van der Waals surface area (Å²) in [6.45, 7) is 1.87. The van der Waals surface area contributed by atoms with Gasteiger partial charge < -0.3 is 9.88 Å². The van der Waals surface area contributed by atoms with Gasteiger partial charge in [-0.25, -0.2) is 4.98 Å². The average molecular weight is 360 g/mol. The zero-order chi connectivity index (χ0) is 15.2. The molecule has 1 heterocycles. The van der Waals surface area contributed by atoms with Gasteiger partial charge in [0.1, 0.15) is 0 Å². The molecule has 7 heteroatoms. The molecule has 0 radical (unpaired) electrons. The molecule has 0 aliphatic heterocycles. The van der Waals surface area contributed by atoms with Crippen LogP contribution >= 0.6 is 15.9 Å². The van der Waals surface area contributed by atoms with E-state index in [0.717, 1.165) is 30.7 Å². The van der Waals surface area contributed by atoms with E-state index in [1.54, 1.807) is 6.07 Å². The van der Waals surface area contributed by atoms with Crippen molar-refractivity contribution in [3.63, 3.8) is 0 Å². The molecule has 1 fully saturated rings. The lowest BCUT2D eigenvalue weighted by Crippen LogP contribution is -2.07. The maximum atomic E-state index is 12.8. The Labute approximate surface area is 128 Å². The number of alkyl halides is 3. The summed E-state index contributed by atoms with van der Waals surface area (Å²) in [5, 5.41) is 2.99. The fourth-order valence-electron chi connectivity index (χ4n) is 2.19. The van der Waals surface area contributed by atoms with Crippen molar-refractivity contribution in [3.8, 4) is 0 Å². The summed E-state index contributed by atoms with van der Waals surface area (Å²) in [6.07, 6.45) is -0.293. The number of nitrogens with zero attached hydrogens (tertiary/aromatic N) is 2. The van der Waals surface area contributed by atoms with Gasteiger partial charge in [0, 0.05) is 22.4 Å². The molecule has 0 amide bonds. The largest absolute Gasteiger partial charge is 0.416 e. The third-order valence-corrected chi connectivity index (χ3v) is 3.73. The van der Waals surface area contributed by atoms with Gasteiger partial charge in [0.25, 0.3) is 0 Å². The molecule has 21 heavy (non-hydrogen) atoms. The van der Waals surface area contributed by atoms with Crippen molar-refractivity contribution >= 4 is 27.6 Å². The zero-order valence-corrected chi connectivity index (χ0v) is 12.8. The van der Waals surface area contributed by atoms with Gasteiger partial charge in [0.05, 0.1) is 11.3 Å². The number of halogens is 4. The Morgan fingerprint density at radius 1 is 1.29 bits per heavy atom. The second-order valence-corrected chi connectivity index (χ2v) is 6.11. The van der Waals surface area contributed by atoms with Crippen molar-refractivity contribution in [2.24, 2.45) is 0 Å². The zero-order valence-electron chi connectivity index (χ0n) is 11.2. The first-order valence-electron chi connectivity index (χ1n) is 6.53. The van der Waals surface area contributed by atoms with Crippen LogP contribution in [0.1, 0.15) is 30.1 Å². The van der Waals surface area contributed by atoms with E-state index in [1.165, 1.54) is 0 Å². The van der Waals surface area contributed by atoms with Crippen LogP contribution in [0.5, 0.6) is 0 Å². The van der Waals surface area contributed by atoms with E-state index in [4.69, 9.17) is 0 Å². The summed E-state index contributed by atoms with van der Waals surface area (Å²) >= 11 is 3.12. The SMILES string of the molecule is Cc1cn(C2CC2)c(Nc2cc(Br)cc(C(F)(F)F)c2)n1. The van der Waals surface area contributed by atoms with E-state index >= 15 is 0 Å². The molecule has 1 aromatic carbocycles. The summed E-state index contributed by atoms with van der Waals surface area (Å²) in [4.78, 5) is 4.34. The standard InChI is InChI=1S/C14H13BrF3N3/c1-8-7-21(12-2-3-12)13(19-8)20-11-5-9(14(16,17)18)4-10(15)6-11/h4-7,12H,2-3H2,1H3,(H,19,20). The first kappa shape index (κ1) is 14.4. The Bertz CT molecular complexity index is 675. The molecule has 112 valence electrons. The van der Waals surface area contributed by atoms with Crippen molar-refractivity contribution < 1.29 is 13.2 Å². The fraction of sp³-hybridized carbons (Fsp3) is 0.357. The highest BCUT2D eigenvalue weighted by molar-refractivity contribution is 9.10. The van der Waals surface area contributed by atoms with E-state index in [1.807, 2.05) is 17.7 Å². The number of aromatic nitrogens is 2. The number of hydrogen-bond donors (Lipinski definition) is 1. The summed E-state index contributed by atoms with van der Waals surface area (Å²) in [6, 6.07) is 4.16. The predicted octanol–water partition coefficient (Wildman–Crippen LogP) is 5.05. The Balaban J connectivity index is 1.93. The van der Waals surface area contributed by atoms with Gasteiger partial charge in [-0.2, -0.15) is 13.2 Å². The molecular weight excluding hydrogens is 347 g/mol. The lowest BCUT2D eigenvalue weighted by atomic mass is 10.2. The smallest absolute Gasteiger partial charge is 0.326 e. The molecule has 1 aliphatic rings. The van der Waals surface area contributed by atoms with Crippen LogP contribution in [0.3, 0.4) is 0 Å². The molecule has 0 spiro atoms. The quantitative estimate of drug-likeness (QED) is 0.830. The molecule has 1 aliphatic carbocycles. The van der Waals surface area contributed by atoms with Crippen LogP contribution in [-0.4, -0.2) is 9.55 Å². The first-order chi connectivity index (χ1) is 9.83. The number of benzene rings is 1. The van der Waals surface area contributed by atoms with Gasteiger partial charge in [-0.05, 0) is 38.0 Å². The van der Waals surface area contributed by atoms with Gasteiger partial charge in [0.2, 0.25) is 5.95 Å². The van der Waals surface area contributed by atoms with Crippen molar-refractivity contribution in [2.45, 2.75) is 32.0 Å². The minimum atomic E-state index is -4.37. The highest BCUT2D eigenvalue weighted by Gasteiger charge is 2.31. The van der Waals surface area contributed by atoms with E-state index in [2.05, 4.69) is 26.2 Å². The number of hydrogen-bond acceptors (Lipinski definition) is 2. The molecule has 1 N–H and O–H groups in total. The van der Waals surface area contributed by atoms with E-state index in [0.29, 0.717) is 22.2 Å². The molecule has 3 rings (SSSR count). The molecule has 1 saturated carbocycles. The minimum absolute atomic E-state index is 0.365. The number of anilines is 2. The van der Waals surface area contributed by atoms with Crippen LogP contribution in [-0.2, 0) is 6.18 Å². The lowest BCUT2D eigenvalue weighted by molar-refractivity contribution is -0.137. The second kappa shape index (κ2) is 5.05. The van der Waals surface area contributed by atoms with Crippen molar-refractivity contribution in [3.05, 3.63) is 40.1 Å². The summed E-state index contributed by atoms with van der Waals surface area (Å²) in [5.41, 5.74) is 0.514.